The van der Waals surface area contributed by atoms with Gasteiger partial charge >= 0.3 is 0 Å². The number of ether oxygens (including phenoxy) is 1. The molecule has 0 bridgehead atoms. The van der Waals surface area contributed by atoms with E-state index in [0.29, 0.717) is 4.47 Å². The number of hydrogen-bond donors (Lipinski definition) is 0. The first-order chi connectivity index (χ1) is 7.79. The van der Waals surface area contributed by atoms with Crippen molar-refractivity contribution in [2.24, 2.45) is 0 Å². The van der Waals surface area contributed by atoms with E-state index >= 15 is 0 Å². The van der Waals surface area contributed by atoms with Crippen LogP contribution in [0.2, 0.25) is 4.47 Å². The molecule has 0 atom stereocenters. The van der Waals surface area contributed by atoms with Crippen molar-refractivity contribution in [3.8, 4) is 17.0 Å². The second-order valence-corrected chi connectivity index (χ2v) is 4.80. The van der Waals surface area contributed by atoms with Crippen LogP contribution < -0.4 is 4.74 Å². The number of thiazole rings is 1. The Hall–Kier alpha value is -1.06. The normalized spacial score (nSPS) is 10.4. The van der Waals surface area contributed by atoms with Crippen molar-refractivity contribution < 1.29 is 4.74 Å². The van der Waals surface area contributed by atoms with Crippen molar-refractivity contribution in [2.45, 2.75) is 13.3 Å². The summed E-state index contributed by atoms with van der Waals surface area (Å²) in [4.78, 5) is 4.22. The van der Waals surface area contributed by atoms with Gasteiger partial charge in [0, 0.05) is 10.9 Å². The quantitative estimate of drug-likeness (QED) is 0.813. The zero-order chi connectivity index (χ0) is 11.4. The molecule has 16 heavy (non-hydrogen) atoms. The molecule has 2 rings (SSSR count). The van der Waals surface area contributed by atoms with Crippen LogP contribution in [0.1, 0.15) is 13.3 Å². The van der Waals surface area contributed by atoms with Crippen molar-refractivity contribution in [2.75, 3.05) is 6.61 Å². The van der Waals surface area contributed by atoms with Crippen LogP contribution in [0.4, 0.5) is 0 Å². The summed E-state index contributed by atoms with van der Waals surface area (Å²) in [7, 11) is 0. The summed E-state index contributed by atoms with van der Waals surface area (Å²) in [5.74, 6) is 0.895. The molecule has 1 aromatic heterocycles. The molecule has 0 saturated heterocycles. The Morgan fingerprint density at radius 1 is 1.31 bits per heavy atom. The molecular formula is C12H12ClNOS. The number of nitrogens with zero attached hydrogens (tertiary/aromatic N) is 1. The Labute approximate surface area is 104 Å². The molecule has 1 aromatic carbocycles. The molecular weight excluding hydrogens is 242 g/mol. The van der Waals surface area contributed by atoms with Crippen LogP contribution >= 0.6 is 22.9 Å². The van der Waals surface area contributed by atoms with E-state index in [9.17, 15) is 0 Å². The summed E-state index contributed by atoms with van der Waals surface area (Å²) in [6.45, 7) is 2.84. The van der Waals surface area contributed by atoms with Gasteiger partial charge < -0.3 is 4.74 Å². The first-order valence-electron chi connectivity index (χ1n) is 5.14. The third-order valence-electron chi connectivity index (χ3n) is 2.10. The summed E-state index contributed by atoms with van der Waals surface area (Å²) >= 11 is 7.23. The number of aromatic nitrogens is 1. The monoisotopic (exact) mass is 253 g/mol. The number of halogens is 1. The summed E-state index contributed by atoms with van der Waals surface area (Å²) < 4.78 is 6.08. The summed E-state index contributed by atoms with van der Waals surface area (Å²) in [6, 6.07) is 7.91. The first kappa shape index (κ1) is 11.4. The third-order valence-corrected chi connectivity index (χ3v) is 3.08. The SMILES string of the molecule is CCCOc1ccc(-c2csc(Cl)n2)cc1. The topological polar surface area (TPSA) is 22.1 Å². The molecule has 0 fully saturated rings. The van der Waals surface area contributed by atoms with Crippen molar-refractivity contribution >= 4 is 22.9 Å². The molecule has 1 heterocycles. The van der Waals surface area contributed by atoms with Gasteiger partial charge in [-0.2, -0.15) is 0 Å². The minimum Gasteiger partial charge on any atom is -0.494 e. The lowest BCUT2D eigenvalue weighted by Crippen LogP contribution is -1.94. The van der Waals surface area contributed by atoms with Gasteiger partial charge in [0.25, 0.3) is 0 Å². The molecule has 0 N–H and O–H groups in total. The van der Waals surface area contributed by atoms with Gasteiger partial charge in [0.15, 0.2) is 4.47 Å². The van der Waals surface area contributed by atoms with Crippen LogP contribution in [0.15, 0.2) is 29.6 Å². The van der Waals surface area contributed by atoms with E-state index in [1.807, 2.05) is 29.6 Å². The molecule has 0 radical (unpaired) electrons. The van der Waals surface area contributed by atoms with E-state index in [-0.39, 0.29) is 0 Å². The minimum atomic E-state index is 0.571. The van der Waals surface area contributed by atoms with Crippen LogP contribution in [0, 0.1) is 0 Å². The molecule has 2 aromatic rings. The highest BCUT2D eigenvalue weighted by Gasteiger charge is 2.02. The van der Waals surface area contributed by atoms with E-state index < -0.39 is 0 Å². The van der Waals surface area contributed by atoms with E-state index in [4.69, 9.17) is 16.3 Å². The van der Waals surface area contributed by atoms with E-state index in [1.54, 1.807) is 0 Å². The second-order valence-electron chi connectivity index (χ2n) is 3.36. The van der Waals surface area contributed by atoms with Gasteiger partial charge in [0.2, 0.25) is 0 Å². The summed E-state index contributed by atoms with van der Waals surface area (Å²) in [5, 5.41) is 1.95. The lowest BCUT2D eigenvalue weighted by atomic mass is 10.2. The first-order valence-corrected chi connectivity index (χ1v) is 6.39. The van der Waals surface area contributed by atoms with Gasteiger partial charge in [-0.05, 0) is 30.7 Å². The molecule has 2 nitrogen and oxygen atoms in total. The molecule has 0 spiro atoms. The molecule has 0 amide bonds. The van der Waals surface area contributed by atoms with Gasteiger partial charge in [-0.1, -0.05) is 18.5 Å². The predicted octanol–water partition coefficient (Wildman–Crippen LogP) is 4.25. The van der Waals surface area contributed by atoms with Gasteiger partial charge in [-0.15, -0.1) is 11.3 Å². The molecule has 0 aliphatic rings. The van der Waals surface area contributed by atoms with Crippen molar-refractivity contribution in [1.82, 2.24) is 4.98 Å². The van der Waals surface area contributed by atoms with Gasteiger partial charge in [0.05, 0.1) is 12.3 Å². The summed E-state index contributed by atoms with van der Waals surface area (Å²) in [6.07, 6.45) is 1.02. The molecule has 4 heteroatoms. The highest BCUT2D eigenvalue weighted by atomic mass is 35.5. The fraction of sp³-hybridized carbons (Fsp3) is 0.250. The highest BCUT2D eigenvalue weighted by Crippen LogP contribution is 2.26. The van der Waals surface area contributed by atoms with Crippen molar-refractivity contribution in [3.63, 3.8) is 0 Å². The average Bonchev–Trinajstić information content (AvgIpc) is 2.74. The Morgan fingerprint density at radius 2 is 2.06 bits per heavy atom. The number of rotatable bonds is 4. The second kappa shape index (κ2) is 5.32. The highest BCUT2D eigenvalue weighted by molar-refractivity contribution is 7.14. The average molecular weight is 254 g/mol. The number of benzene rings is 1. The van der Waals surface area contributed by atoms with Crippen LogP contribution in [-0.4, -0.2) is 11.6 Å². The van der Waals surface area contributed by atoms with Crippen molar-refractivity contribution in [1.29, 1.82) is 0 Å². The maximum Gasteiger partial charge on any atom is 0.184 e. The minimum absolute atomic E-state index is 0.571. The molecule has 0 aliphatic carbocycles. The fourth-order valence-electron chi connectivity index (χ4n) is 1.33. The molecule has 84 valence electrons. The predicted molar refractivity (Wildman–Crippen MR) is 68.3 cm³/mol. The van der Waals surface area contributed by atoms with Crippen LogP contribution in [0.5, 0.6) is 5.75 Å². The van der Waals surface area contributed by atoms with E-state index in [1.165, 1.54) is 11.3 Å². The fourth-order valence-corrected chi connectivity index (χ4v) is 2.10. The molecule has 0 saturated carbocycles. The van der Waals surface area contributed by atoms with Gasteiger partial charge in [-0.3, -0.25) is 0 Å². The Kier molecular flexibility index (Phi) is 3.80. The third kappa shape index (κ3) is 2.74. The Bertz CT molecular complexity index is 452. The Balaban J connectivity index is 2.13. The lowest BCUT2D eigenvalue weighted by Gasteiger charge is -2.04. The van der Waals surface area contributed by atoms with E-state index in [2.05, 4.69) is 11.9 Å². The van der Waals surface area contributed by atoms with Gasteiger partial charge in [-0.25, -0.2) is 4.98 Å². The number of hydrogen-bond acceptors (Lipinski definition) is 3. The lowest BCUT2D eigenvalue weighted by molar-refractivity contribution is 0.317. The standard InChI is InChI=1S/C12H12ClNOS/c1-2-7-15-10-5-3-9(4-6-10)11-8-16-12(13)14-11/h3-6,8H,2,7H2,1H3. The van der Waals surface area contributed by atoms with Crippen molar-refractivity contribution in [3.05, 3.63) is 34.1 Å². The van der Waals surface area contributed by atoms with Crippen LogP contribution in [0.25, 0.3) is 11.3 Å². The zero-order valence-electron chi connectivity index (χ0n) is 8.94. The zero-order valence-corrected chi connectivity index (χ0v) is 10.5. The molecule has 0 unspecified atom stereocenters. The summed E-state index contributed by atoms with van der Waals surface area (Å²) in [5.41, 5.74) is 1.98. The Morgan fingerprint density at radius 3 is 2.62 bits per heavy atom. The van der Waals surface area contributed by atoms with Crippen LogP contribution in [0.3, 0.4) is 0 Å². The smallest absolute Gasteiger partial charge is 0.184 e. The molecule has 0 aliphatic heterocycles. The van der Waals surface area contributed by atoms with E-state index in [0.717, 1.165) is 30.0 Å². The van der Waals surface area contributed by atoms with Crippen LogP contribution in [-0.2, 0) is 0 Å². The maximum atomic E-state index is 5.79. The largest absolute Gasteiger partial charge is 0.494 e. The maximum absolute atomic E-state index is 5.79. The van der Waals surface area contributed by atoms with Gasteiger partial charge in [0.1, 0.15) is 5.75 Å².